The molecule has 0 spiro atoms. The van der Waals surface area contributed by atoms with Gasteiger partial charge in [0.2, 0.25) is 0 Å². The number of aromatic nitrogens is 2. The van der Waals surface area contributed by atoms with Crippen LogP contribution in [-0.2, 0) is 13.0 Å². The van der Waals surface area contributed by atoms with Gasteiger partial charge in [-0.05, 0) is 43.2 Å². The lowest BCUT2D eigenvalue weighted by molar-refractivity contribution is 0.197. The van der Waals surface area contributed by atoms with Crippen LogP contribution >= 0.6 is 11.6 Å². The number of hydrogen-bond donors (Lipinski definition) is 2. The highest BCUT2D eigenvalue weighted by atomic mass is 35.5. The SMILES string of the molecule is CCN(Cc1nc2ccccc2c(=O)[nH]1)C(=O)NCCc1ccc(Cl)cc1. The molecule has 0 saturated heterocycles. The number of aromatic amines is 1. The van der Waals surface area contributed by atoms with Crippen molar-refractivity contribution in [3.63, 3.8) is 0 Å². The first kappa shape index (κ1) is 18.9. The molecule has 1 aromatic heterocycles. The quantitative estimate of drug-likeness (QED) is 0.684. The molecule has 0 bridgehead atoms. The number of nitrogens with one attached hydrogen (secondary N) is 2. The van der Waals surface area contributed by atoms with Crippen LogP contribution in [0.1, 0.15) is 18.3 Å². The summed E-state index contributed by atoms with van der Waals surface area (Å²) < 4.78 is 0. The lowest BCUT2D eigenvalue weighted by Gasteiger charge is -2.21. The number of para-hydroxylation sites is 1. The molecule has 0 aliphatic carbocycles. The predicted octanol–water partition coefficient (Wildman–Crippen LogP) is 3.35. The van der Waals surface area contributed by atoms with Gasteiger partial charge in [-0.25, -0.2) is 9.78 Å². The highest BCUT2D eigenvalue weighted by molar-refractivity contribution is 6.30. The molecule has 0 saturated carbocycles. The minimum Gasteiger partial charge on any atom is -0.338 e. The van der Waals surface area contributed by atoms with Crippen LogP contribution in [0.2, 0.25) is 5.02 Å². The van der Waals surface area contributed by atoms with Gasteiger partial charge in [0, 0.05) is 18.1 Å². The van der Waals surface area contributed by atoms with Crippen LogP contribution in [0, 0.1) is 0 Å². The maximum atomic E-state index is 12.4. The number of rotatable bonds is 6. The first-order chi connectivity index (χ1) is 13.1. The van der Waals surface area contributed by atoms with Crippen molar-refractivity contribution in [2.45, 2.75) is 19.9 Å². The Hall–Kier alpha value is -2.86. The van der Waals surface area contributed by atoms with Crippen molar-refractivity contribution >= 4 is 28.5 Å². The molecule has 0 aliphatic heterocycles. The van der Waals surface area contributed by atoms with Gasteiger partial charge in [0.05, 0.1) is 17.4 Å². The number of urea groups is 1. The summed E-state index contributed by atoms with van der Waals surface area (Å²) in [6.07, 6.45) is 0.714. The second-order valence-corrected chi connectivity index (χ2v) is 6.59. The third-order valence-electron chi connectivity index (χ3n) is 4.27. The molecule has 0 radical (unpaired) electrons. The number of carbonyl (C=O) groups is 1. The second kappa shape index (κ2) is 8.68. The maximum absolute atomic E-state index is 12.4. The summed E-state index contributed by atoms with van der Waals surface area (Å²) in [5.74, 6) is 0.466. The minimum atomic E-state index is -0.199. The highest BCUT2D eigenvalue weighted by Crippen LogP contribution is 2.10. The molecule has 2 amide bonds. The van der Waals surface area contributed by atoms with E-state index in [9.17, 15) is 9.59 Å². The van der Waals surface area contributed by atoms with E-state index in [2.05, 4.69) is 15.3 Å². The van der Waals surface area contributed by atoms with Gasteiger partial charge in [-0.15, -0.1) is 0 Å². The smallest absolute Gasteiger partial charge is 0.317 e. The molecule has 0 aliphatic rings. The normalized spacial score (nSPS) is 10.7. The number of carbonyl (C=O) groups excluding carboxylic acids is 1. The van der Waals surface area contributed by atoms with Gasteiger partial charge in [0.15, 0.2) is 0 Å². The second-order valence-electron chi connectivity index (χ2n) is 6.15. The highest BCUT2D eigenvalue weighted by Gasteiger charge is 2.13. The van der Waals surface area contributed by atoms with Crippen LogP contribution in [0.4, 0.5) is 4.79 Å². The molecule has 27 heavy (non-hydrogen) atoms. The largest absolute Gasteiger partial charge is 0.338 e. The van der Waals surface area contributed by atoms with Gasteiger partial charge in [-0.2, -0.15) is 0 Å². The predicted molar refractivity (Wildman–Crippen MR) is 107 cm³/mol. The van der Waals surface area contributed by atoms with Crippen LogP contribution in [0.5, 0.6) is 0 Å². The zero-order valence-corrected chi connectivity index (χ0v) is 15.8. The topological polar surface area (TPSA) is 78.1 Å². The lowest BCUT2D eigenvalue weighted by Crippen LogP contribution is -2.40. The summed E-state index contributed by atoms with van der Waals surface area (Å²) >= 11 is 5.87. The number of hydrogen-bond acceptors (Lipinski definition) is 3. The third kappa shape index (κ3) is 4.86. The fourth-order valence-electron chi connectivity index (χ4n) is 2.79. The maximum Gasteiger partial charge on any atom is 0.317 e. The van der Waals surface area contributed by atoms with Crippen LogP contribution in [-0.4, -0.2) is 34.0 Å². The Bertz CT molecular complexity index is 985. The van der Waals surface area contributed by atoms with Gasteiger partial charge < -0.3 is 15.2 Å². The average molecular weight is 385 g/mol. The Labute approximate surface area is 162 Å². The number of nitrogens with zero attached hydrogens (tertiary/aromatic N) is 2. The molecule has 6 nitrogen and oxygen atoms in total. The van der Waals surface area contributed by atoms with Crippen LogP contribution in [0.25, 0.3) is 10.9 Å². The summed E-state index contributed by atoms with van der Waals surface area (Å²) in [6.45, 7) is 3.14. The molecule has 2 N–H and O–H groups in total. The average Bonchev–Trinajstić information content (AvgIpc) is 2.67. The monoisotopic (exact) mass is 384 g/mol. The standard InChI is InChI=1S/C20H21ClN4O2/c1-2-25(20(27)22-12-11-14-7-9-15(21)10-8-14)13-18-23-17-6-4-3-5-16(17)19(26)24-18/h3-10H,2,11-13H2,1H3,(H,22,27)(H,23,24,26). The summed E-state index contributed by atoms with van der Waals surface area (Å²) in [7, 11) is 0. The van der Waals surface area contributed by atoms with Gasteiger partial charge >= 0.3 is 6.03 Å². The molecule has 3 rings (SSSR count). The molecule has 0 fully saturated rings. The van der Waals surface area contributed by atoms with E-state index < -0.39 is 0 Å². The number of fused-ring (bicyclic) bond motifs is 1. The molecule has 3 aromatic rings. The van der Waals surface area contributed by atoms with Crippen molar-refractivity contribution < 1.29 is 4.79 Å². The number of amides is 2. The molecular weight excluding hydrogens is 364 g/mol. The van der Waals surface area contributed by atoms with Crippen LogP contribution in [0.3, 0.4) is 0 Å². The van der Waals surface area contributed by atoms with Gasteiger partial charge in [0.1, 0.15) is 5.82 Å². The molecule has 2 aromatic carbocycles. The molecule has 1 heterocycles. The Kier molecular flexibility index (Phi) is 6.08. The first-order valence-corrected chi connectivity index (χ1v) is 9.19. The van der Waals surface area contributed by atoms with Crippen molar-refractivity contribution in [1.29, 1.82) is 0 Å². The van der Waals surface area contributed by atoms with E-state index in [4.69, 9.17) is 11.6 Å². The van der Waals surface area contributed by atoms with E-state index in [1.807, 2.05) is 37.3 Å². The molecule has 7 heteroatoms. The fraction of sp³-hybridized carbons (Fsp3) is 0.250. The van der Waals surface area contributed by atoms with Gasteiger partial charge in [-0.3, -0.25) is 4.79 Å². The van der Waals surface area contributed by atoms with E-state index in [0.29, 0.717) is 41.3 Å². The van der Waals surface area contributed by atoms with Gasteiger partial charge in [0.25, 0.3) is 5.56 Å². The first-order valence-electron chi connectivity index (χ1n) is 8.82. The summed E-state index contributed by atoms with van der Waals surface area (Å²) in [5, 5.41) is 4.13. The van der Waals surface area contributed by atoms with E-state index in [1.165, 1.54) is 0 Å². The van der Waals surface area contributed by atoms with Crippen molar-refractivity contribution in [2.24, 2.45) is 0 Å². The summed E-state index contributed by atoms with van der Waals surface area (Å²) in [4.78, 5) is 33.4. The Morgan fingerprint density at radius 1 is 1.19 bits per heavy atom. The van der Waals surface area contributed by atoms with E-state index >= 15 is 0 Å². The fourth-order valence-corrected chi connectivity index (χ4v) is 2.92. The zero-order valence-electron chi connectivity index (χ0n) is 15.0. The summed E-state index contributed by atoms with van der Waals surface area (Å²) in [6, 6.07) is 14.5. The van der Waals surface area contributed by atoms with E-state index in [1.54, 1.807) is 23.1 Å². The van der Waals surface area contributed by atoms with Crippen molar-refractivity contribution in [3.8, 4) is 0 Å². The van der Waals surface area contributed by atoms with Crippen LogP contribution in [0.15, 0.2) is 53.3 Å². The van der Waals surface area contributed by atoms with E-state index in [-0.39, 0.29) is 18.1 Å². The summed E-state index contributed by atoms with van der Waals surface area (Å²) in [5.41, 5.74) is 1.52. The number of halogens is 1. The molecule has 0 atom stereocenters. The zero-order chi connectivity index (χ0) is 19.2. The minimum absolute atomic E-state index is 0.192. The van der Waals surface area contributed by atoms with Gasteiger partial charge in [-0.1, -0.05) is 35.9 Å². The lowest BCUT2D eigenvalue weighted by atomic mass is 10.1. The number of benzene rings is 2. The Balaban J connectivity index is 1.61. The Morgan fingerprint density at radius 3 is 2.67 bits per heavy atom. The molecule has 0 unspecified atom stereocenters. The van der Waals surface area contributed by atoms with E-state index in [0.717, 1.165) is 5.56 Å². The van der Waals surface area contributed by atoms with Crippen molar-refractivity contribution in [2.75, 3.05) is 13.1 Å². The van der Waals surface area contributed by atoms with Crippen molar-refractivity contribution in [1.82, 2.24) is 20.2 Å². The number of H-pyrrole nitrogens is 1. The molecule has 140 valence electrons. The van der Waals surface area contributed by atoms with Crippen molar-refractivity contribution in [3.05, 3.63) is 75.3 Å². The van der Waals surface area contributed by atoms with Crippen LogP contribution < -0.4 is 10.9 Å². The molecular formula is C20H21ClN4O2. The third-order valence-corrected chi connectivity index (χ3v) is 4.53. The Morgan fingerprint density at radius 2 is 1.93 bits per heavy atom.